The van der Waals surface area contributed by atoms with Crippen LogP contribution in [-0.4, -0.2) is 46.9 Å². The second-order valence-electron chi connectivity index (χ2n) is 2.91. The third kappa shape index (κ3) is 3.02. The SMILES string of the molecule is COC(CNC(=O)c1noc(C)n1)C(=O)O. The number of hydrogen-bond donors (Lipinski definition) is 2. The summed E-state index contributed by atoms with van der Waals surface area (Å²) in [5, 5.41) is 14.3. The van der Waals surface area contributed by atoms with Gasteiger partial charge in [0.1, 0.15) is 0 Å². The van der Waals surface area contributed by atoms with Gasteiger partial charge in [-0.3, -0.25) is 4.79 Å². The average Bonchev–Trinajstić information content (AvgIpc) is 2.65. The monoisotopic (exact) mass is 229 g/mol. The van der Waals surface area contributed by atoms with Gasteiger partial charge in [0.25, 0.3) is 11.7 Å². The van der Waals surface area contributed by atoms with E-state index in [1.165, 1.54) is 7.11 Å². The number of carbonyl (C=O) groups excluding carboxylic acids is 1. The lowest BCUT2D eigenvalue weighted by molar-refractivity contribution is -0.148. The van der Waals surface area contributed by atoms with Gasteiger partial charge >= 0.3 is 5.97 Å². The van der Waals surface area contributed by atoms with Crippen LogP contribution in [0, 0.1) is 6.92 Å². The van der Waals surface area contributed by atoms with Gasteiger partial charge in [0.15, 0.2) is 6.10 Å². The first kappa shape index (κ1) is 12.1. The van der Waals surface area contributed by atoms with E-state index in [1.54, 1.807) is 6.92 Å². The van der Waals surface area contributed by atoms with Crippen LogP contribution in [0.15, 0.2) is 4.52 Å². The molecule has 1 aromatic rings. The van der Waals surface area contributed by atoms with E-state index in [4.69, 9.17) is 5.11 Å². The van der Waals surface area contributed by atoms with Crippen LogP contribution >= 0.6 is 0 Å². The molecule has 2 N–H and O–H groups in total. The van der Waals surface area contributed by atoms with Crippen molar-refractivity contribution < 1.29 is 24.0 Å². The van der Waals surface area contributed by atoms with E-state index >= 15 is 0 Å². The number of carboxylic acids is 1. The van der Waals surface area contributed by atoms with Crippen molar-refractivity contribution in [1.82, 2.24) is 15.5 Å². The highest BCUT2D eigenvalue weighted by Crippen LogP contribution is 1.95. The molecule has 1 aromatic heterocycles. The Balaban J connectivity index is 2.49. The molecule has 16 heavy (non-hydrogen) atoms. The molecule has 1 rings (SSSR count). The van der Waals surface area contributed by atoms with Crippen LogP contribution < -0.4 is 5.32 Å². The maximum absolute atomic E-state index is 11.4. The number of nitrogens with zero attached hydrogens (tertiary/aromatic N) is 2. The largest absolute Gasteiger partial charge is 0.479 e. The molecule has 8 heteroatoms. The molecule has 1 unspecified atom stereocenters. The third-order valence-electron chi connectivity index (χ3n) is 1.74. The summed E-state index contributed by atoms with van der Waals surface area (Å²) in [6.45, 7) is 1.37. The number of carbonyl (C=O) groups is 2. The van der Waals surface area contributed by atoms with E-state index in [0.29, 0.717) is 0 Å². The van der Waals surface area contributed by atoms with E-state index in [2.05, 4.69) is 24.7 Å². The van der Waals surface area contributed by atoms with Crippen molar-refractivity contribution in [1.29, 1.82) is 0 Å². The molecule has 0 aliphatic carbocycles. The van der Waals surface area contributed by atoms with Gasteiger partial charge in [-0.25, -0.2) is 4.79 Å². The fourth-order valence-electron chi connectivity index (χ4n) is 0.927. The van der Waals surface area contributed by atoms with Gasteiger partial charge in [-0.05, 0) is 0 Å². The van der Waals surface area contributed by atoms with Gasteiger partial charge in [0, 0.05) is 14.0 Å². The van der Waals surface area contributed by atoms with Crippen molar-refractivity contribution in [3.8, 4) is 0 Å². The van der Waals surface area contributed by atoms with Crippen molar-refractivity contribution in [2.45, 2.75) is 13.0 Å². The number of aliphatic carboxylic acids is 1. The molecule has 0 aromatic carbocycles. The summed E-state index contributed by atoms with van der Waals surface area (Å²) in [5.41, 5.74) is 0. The summed E-state index contributed by atoms with van der Waals surface area (Å²) in [7, 11) is 1.24. The Morgan fingerprint density at radius 2 is 2.31 bits per heavy atom. The first-order valence-corrected chi connectivity index (χ1v) is 4.38. The molecule has 0 radical (unpaired) electrons. The van der Waals surface area contributed by atoms with Crippen molar-refractivity contribution >= 4 is 11.9 Å². The van der Waals surface area contributed by atoms with Gasteiger partial charge in [-0.2, -0.15) is 4.98 Å². The first-order chi connectivity index (χ1) is 7.54. The van der Waals surface area contributed by atoms with E-state index in [9.17, 15) is 9.59 Å². The predicted molar refractivity (Wildman–Crippen MR) is 49.8 cm³/mol. The number of nitrogens with one attached hydrogen (secondary N) is 1. The van der Waals surface area contributed by atoms with Gasteiger partial charge in [0.2, 0.25) is 5.89 Å². The summed E-state index contributed by atoms with van der Waals surface area (Å²) in [4.78, 5) is 25.6. The van der Waals surface area contributed by atoms with Crippen LogP contribution in [0.3, 0.4) is 0 Å². The topological polar surface area (TPSA) is 115 Å². The quantitative estimate of drug-likeness (QED) is 0.679. The smallest absolute Gasteiger partial charge is 0.334 e. The molecule has 0 aliphatic rings. The Bertz CT molecular complexity index is 389. The first-order valence-electron chi connectivity index (χ1n) is 4.38. The summed E-state index contributed by atoms with van der Waals surface area (Å²) >= 11 is 0. The number of amides is 1. The summed E-state index contributed by atoms with van der Waals surface area (Å²) in [6.07, 6.45) is -1.10. The fraction of sp³-hybridized carbons (Fsp3) is 0.500. The van der Waals surface area contributed by atoms with Crippen LogP contribution in [-0.2, 0) is 9.53 Å². The van der Waals surface area contributed by atoms with Crippen molar-refractivity contribution in [3.63, 3.8) is 0 Å². The molecule has 0 spiro atoms. The number of ether oxygens (including phenoxy) is 1. The maximum Gasteiger partial charge on any atom is 0.334 e. The zero-order valence-electron chi connectivity index (χ0n) is 8.76. The van der Waals surface area contributed by atoms with E-state index in [0.717, 1.165) is 0 Å². The third-order valence-corrected chi connectivity index (χ3v) is 1.74. The number of hydrogen-bond acceptors (Lipinski definition) is 6. The number of aromatic nitrogens is 2. The van der Waals surface area contributed by atoms with Crippen molar-refractivity contribution in [3.05, 3.63) is 11.7 Å². The number of methoxy groups -OCH3 is 1. The molecule has 0 bridgehead atoms. The Hall–Kier alpha value is -1.96. The lowest BCUT2D eigenvalue weighted by atomic mass is 10.3. The van der Waals surface area contributed by atoms with E-state index < -0.39 is 18.0 Å². The fourth-order valence-corrected chi connectivity index (χ4v) is 0.927. The number of rotatable bonds is 5. The van der Waals surface area contributed by atoms with Crippen LogP contribution in [0.4, 0.5) is 0 Å². The van der Waals surface area contributed by atoms with Crippen LogP contribution in [0.1, 0.15) is 16.5 Å². The predicted octanol–water partition coefficient (Wildman–Crippen LogP) is -0.793. The van der Waals surface area contributed by atoms with Gasteiger partial charge < -0.3 is 19.7 Å². The second kappa shape index (κ2) is 5.21. The molecule has 88 valence electrons. The van der Waals surface area contributed by atoms with Crippen molar-refractivity contribution in [2.75, 3.05) is 13.7 Å². The Labute approximate surface area is 90.6 Å². The van der Waals surface area contributed by atoms with Crippen LogP contribution in [0.25, 0.3) is 0 Å². The van der Waals surface area contributed by atoms with Gasteiger partial charge in [-0.1, -0.05) is 5.16 Å². The minimum absolute atomic E-state index is 0.141. The standard InChI is InChI=1S/C8H11N3O5/c1-4-10-6(11-16-4)7(12)9-3-5(15-2)8(13)14/h5H,3H2,1-2H3,(H,9,12)(H,13,14). The van der Waals surface area contributed by atoms with Crippen molar-refractivity contribution in [2.24, 2.45) is 0 Å². The molecular formula is C8H11N3O5. The minimum Gasteiger partial charge on any atom is -0.479 e. The Morgan fingerprint density at radius 3 is 2.75 bits per heavy atom. The van der Waals surface area contributed by atoms with E-state index in [1.807, 2.05) is 0 Å². The number of aryl methyl sites for hydroxylation is 1. The summed E-state index contributed by atoms with van der Waals surface area (Å²) in [6, 6.07) is 0. The maximum atomic E-state index is 11.4. The molecule has 0 aliphatic heterocycles. The molecule has 0 saturated carbocycles. The minimum atomic E-state index is -1.16. The zero-order chi connectivity index (χ0) is 12.1. The highest BCUT2D eigenvalue weighted by molar-refractivity contribution is 5.90. The van der Waals surface area contributed by atoms with Crippen LogP contribution in [0.5, 0.6) is 0 Å². The van der Waals surface area contributed by atoms with Gasteiger partial charge in [-0.15, -0.1) is 0 Å². The molecule has 8 nitrogen and oxygen atoms in total. The van der Waals surface area contributed by atoms with E-state index in [-0.39, 0.29) is 18.3 Å². The molecule has 0 fully saturated rings. The highest BCUT2D eigenvalue weighted by atomic mass is 16.5. The molecule has 1 atom stereocenters. The average molecular weight is 229 g/mol. The lowest BCUT2D eigenvalue weighted by Crippen LogP contribution is -2.38. The highest BCUT2D eigenvalue weighted by Gasteiger charge is 2.19. The summed E-state index contributed by atoms with van der Waals surface area (Å²) < 4.78 is 9.22. The molecule has 1 amide bonds. The van der Waals surface area contributed by atoms with Crippen LogP contribution in [0.2, 0.25) is 0 Å². The molecular weight excluding hydrogens is 218 g/mol. The normalized spacial score (nSPS) is 12.1. The molecule has 1 heterocycles. The Morgan fingerprint density at radius 1 is 1.62 bits per heavy atom. The Kier molecular flexibility index (Phi) is 3.95. The number of carboxylic acid groups (broad SMARTS) is 1. The summed E-state index contributed by atoms with van der Waals surface area (Å²) in [5.74, 6) is -1.66. The zero-order valence-corrected chi connectivity index (χ0v) is 8.76. The second-order valence-corrected chi connectivity index (χ2v) is 2.91. The lowest BCUT2D eigenvalue weighted by Gasteiger charge is -2.09. The van der Waals surface area contributed by atoms with Gasteiger partial charge in [0.05, 0.1) is 6.54 Å². The molecule has 0 saturated heterocycles.